The Bertz CT molecular complexity index is 875. The van der Waals surface area contributed by atoms with Crippen molar-refractivity contribution in [2.45, 2.75) is 43.7 Å². The van der Waals surface area contributed by atoms with Crippen molar-refractivity contribution in [2.24, 2.45) is 0 Å². The second-order valence-electron chi connectivity index (χ2n) is 7.26. The second kappa shape index (κ2) is 7.56. The average Bonchev–Trinajstić information content (AvgIpc) is 3.39. The van der Waals surface area contributed by atoms with Crippen molar-refractivity contribution < 1.29 is 8.42 Å². The molecule has 27 heavy (non-hydrogen) atoms. The molecule has 2 fully saturated rings. The molecule has 0 radical (unpaired) electrons. The number of aromatic nitrogens is 2. The highest BCUT2D eigenvalue weighted by atomic mass is 32.2. The Morgan fingerprint density at radius 3 is 2.33 bits per heavy atom. The van der Waals surface area contributed by atoms with Gasteiger partial charge in [-0.3, -0.25) is 4.90 Å². The van der Waals surface area contributed by atoms with Crippen LogP contribution in [0.25, 0.3) is 11.3 Å². The first-order chi connectivity index (χ1) is 13.1. The molecule has 6 nitrogen and oxygen atoms in total. The molecule has 3 heterocycles. The molecule has 4 rings (SSSR count). The van der Waals surface area contributed by atoms with Crippen molar-refractivity contribution in [3.8, 4) is 11.3 Å². The quantitative estimate of drug-likeness (QED) is 0.787. The first-order valence-electron chi connectivity index (χ1n) is 9.76. The van der Waals surface area contributed by atoms with E-state index in [1.54, 1.807) is 31.2 Å². The lowest BCUT2D eigenvalue weighted by Crippen LogP contribution is -2.43. The minimum Gasteiger partial charge on any atom is -0.339 e. The van der Waals surface area contributed by atoms with E-state index in [-0.39, 0.29) is 5.75 Å². The normalized spacial score (nSPS) is 21.1. The van der Waals surface area contributed by atoms with Gasteiger partial charge in [0.15, 0.2) is 15.7 Å². The summed E-state index contributed by atoms with van der Waals surface area (Å²) in [6, 6.07) is 10.9. The van der Waals surface area contributed by atoms with Crippen molar-refractivity contribution in [1.29, 1.82) is 0 Å². The van der Waals surface area contributed by atoms with Gasteiger partial charge in [-0.2, -0.15) is 0 Å². The third kappa shape index (κ3) is 3.71. The third-order valence-corrected chi connectivity index (χ3v) is 7.37. The fourth-order valence-corrected chi connectivity index (χ4v) is 4.95. The highest BCUT2D eigenvalue weighted by Gasteiger charge is 2.32. The summed E-state index contributed by atoms with van der Waals surface area (Å²) in [7, 11) is -3.18. The SMILES string of the molecule is CCS(=O)(=O)c1ccc(-c2ccc(N3CCCC3N3CCCC3)nn2)cc1. The molecule has 0 amide bonds. The van der Waals surface area contributed by atoms with Gasteiger partial charge in [0.25, 0.3) is 0 Å². The van der Waals surface area contributed by atoms with Gasteiger partial charge in [-0.1, -0.05) is 19.1 Å². The Labute approximate surface area is 161 Å². The van der Waals surface area contributed by atoms with Gasteiger partial charge in [-0.25, -0.2) is 8.42 Å². The summed E-state index contributed by atoms with van der Waals surface area (Å²) in [4.78, 5) is 5.29. The van der Waals surface area contributed by atoms with Crippen LogP contribution >= 0.6 is 0 Å². The number of anilines is 1. The zero-order valence-corrected chi connectivity index (χ0v) is 16.5. The standard InChI is InChI=1S/C20H26N4O2S/c1-2-27(25,26)17-9-7-16(8-10-17)18-11-12-19(22-21-18)24-15-5-6-20(24)23-13-3-4-14-23/h7-12,20H,2-6,13-15H2,1H3. The zero-order chi connectivity index (χ0) is 18.9. The molecule has 0 N–H and O–H groups in total. The minimum atomic E-state index is -3.18. The average molecular weight is 387 g/mol. The number of hydrogen-bond donors (Lipinski definition) is 0. The smallest absolute Gasteiger partial charge is 0.178 e. The van der Waals surface area contributed by atoms with Gasteiger partial charge in [0, 0.05) is 25.2 Å². The summed E-state index contributed by atoms with van der Waals surface area (Å²) < 4.78 is 23.9. The number of hydrogen-bond acceptors (Lipinski definition) is 6. The van der Waals surface area contributed by atoms with E-state index in [4.69, 9.17) is 0 Å². The van der Waals surface area contributed by atoms with Crippen LogP contribution in [0.4, 0.5) is 5.82 Å². The maximum absolute atomic E-state index is 11.9. The summed E-state index contributed by atoms with van der Waals surface area (Å²) in [5.74, 6) is 1.04. The predicted molar refractivity (Wildman–Crippen MR) is 106 cm³/mol. The van der Waals surface area contributed by atoms with Crippen LogP contribution in [0.3, 0.4) is 0 Å². The van der Waals surface area contributed by atoms with E-state index < -0.39 is 9.84 Å². The summed E-state index contributed by atoms with van der Waals surface area (Å²) in [6.07, 6.45) is 5.41. The monoisotopic (exact) mass is 386 g/mol. The van der Waals surface area contributed by atoms with Gasteiger partial charge in [0.2, 0.25) is 0 Å². The van der Waals surface area contributed by atoms with Gasteiger partial charge in [-0.05, 0) is 49.9 Å². The molecule has 0 saturated carbocycles. The first kappa shape index (κ1) is 18.4. The summed E-state index contributed by atoms with van der Waals surface area (Å²) >= 11 is 0. The van der Waals surface area contributed by atoms with E-state index in [1.807, 2.05) is 12.1 Å². The molecular weight excluding hydrogens is 360 g/mol. The molecule has 7 heteroatoms. The van der Waals surface area contributed by atoms with Gasteiger partial charge in [0.05, 0.1) is 22.5 Å². The Hall–Kier alpha value is -1.99. The molecule has 1 aromatic carbocycles. The van der Waals surface area contributed by atoms with Crippen LogP contribution in [0, 0.1) is 0 Å². The molecule has 2 aliphatic heterocycles. The number of likely N-dealkylation sites (tertiary alicyclic amines) is 1. The van der Waals surface area contributed by atoms with Gasteiger partial charge in [0.1, 0.15) is 0 Å². The Balaban J connectivity index is 1.52. The van der Waals surface area contributed by atoms with Crippen LogP contribution in [-0.2, 0) is 9.84 Å². The molecule has 0 spiro atoms. The van der Waals surface area contributed by atoms with Crippen LogP contribution in [0.1, 0.15) is 32.6 Å². The molecule has 1 atom stereocenters. The highest BCUT2D eigenvalue weighted by Crippen LogP contribution is 2.29. The number of rotatable bonds is 5. The number of sulfone groups is 1. The van der Waals surface area contributed by atoms with Crippen LogP contribution in [-0.4, -0.2) is 55.1 Å². The summed E-state index contributed by atoms with van der Waals surface area (Å²) in [5.41, 5.74) is 1.64. The Kier molecular flexibility index (Phi) is 5.14. The molecule has 1 aromatic heterocycles. The lowest BCUT2D eigenvalue weighted by atomic mass is 10.1. The minimum absolute atomic E-state index is 0.106. The molecule has 0 bridgehead atoms. The van der Waals surface area contributed by atoms with Crippen LogP contribution < -0.4 is 4.90 Å². The maximum Gasteiger partial charge on any atom is 0.178 e. The second-order valence-corrected chi connectivity index (χ2v) is 9.54. The van der Waals surface area contributed by atoms with E-state index in [0.29, 0.717) is 11.1 Å². The summed E-state index contributed by atoms with van der Waals surface area (Å²) in [5, 5.41) is 8.88. The van der Waals surface area contributed by atoms with Crippen LogP contribution in [0.5, 0.6) is 0 Å². The topological polar surface area (TPSA) is 66.4 Å². The molecule has 2 saturated heterocycles. The molecule has 144 valence electrons. The molecule has 0 aliphatic carbocycles. The molecule has 2 aromatic rings. The Morgan fingerprint density at radius 1 is 0.963 bits per heavy atom. The lowest BCUT2D eigenvalue weighted by molar-refractivity contribution is 0.248. The Morgan fingerprint density at radius 2 is 1.70 bits per heavy atom. The first-order valence-corrected chi connectivity index (χ1v) is 11.4. The number of benzene rings is 1. The highest BCUT2D eigenvalue weighted by molar-refractivity contribution is 7.91. The van der Waals surface area contributed by atoms with Gasteiger partial charge in [-0.15, -0.1) is 10.2 Å². The van der Waals surface area contributed by atoms with E-state index >= 15 is 0 Å². The third-order valence-electron chi connectivity index (χ3n) is 5.62. The maximum atomic E-state index is 11.9. The van der Waals surface area contributed by atoms with Crippen molar-refractivity contribution in [1.82, 2.24) is 15.1 Å². The lowest BCUT2D eigenvalue weighted by Gasteiger charge is -2.32. The van der Waals surface area contributed by atoms with Crippen molar-refractivity contribution in [3.05, 3.63) is 36.4 Å². The van der Waals surface area contributed by atoms with Crippen LogP contribution in [0.15, 0.2) is 41.3 Å². The molecule has 2 aliphatic rings. The van der Waals surface area contributed by atoms with E-state index in [1.165, 1.54) is 38.8 Å². The number of nitrogens with zero attached hydrogens (tertiary/aromatic N) is 4. The van der Waals surface area contributed by atoms with Crippen molar-refractivity contribution in [3.63, 3.8) is 0 Å². The van der Waals surface area contributed by atoms with Gasteiger partial charge >= 0.3 is 0 Å². The van der Waals surface area contributed by atoms with E-state index in [0.717, 1.165) is 23.6 Å². The molecular formula is C20H26N4O2S. The predicted octanol–water partition coefficient (Wildman–Crippen LogP) is 2.96. The zero-order valence-electron chi connectivity index (χ0n) is 15.7. The molecule has 1 unspecified atom stereocenters. The van der Waals surface area contributed by atoms with E-state index in [2.05, 4.69) is 20.0 Å². The fraction of sp³-hybridized carbons (Fsp3) is 0.500. The summed E-state index contributed by atoms with van der Waals surface area (Å²) in [6.45, 7) is 5.04. The fourth-order valence-electron chi connectivity index (χ4n) is 4.07. The van der Waals surface area contributed by atoms with E-state index in [9.17, 15) is 8.42 Å². The van der Waals surface area contributed by atoms with Crippen LogP contribution in [0.2, 0.25) is 0 Å². The largest absolute Gasteiger partial charge is 0.339 e. The van der Waals surface area contributed by atoms with Crippen molar-refractivity contribution >= 4 is 15.7 Å². The van der Waals surface area contributed by atoms with Gasteiger partial charge < -0.3 is 4.90 Å². The van der Waals surface area contributed by atoms with Crippen molar-refractivity contribution in [2.75, 3.05) is 30.3 Å².